The van der Waals surface area contributed by atoms with E-state index in [-0.39, 0.29) is 5.97 Å². The molecule has 0 aliphatic rings. The zero-order valence-corrected chi connectivity index (χ0v) is 11.0. The molecular formula is C15H16N2O2. The lowest BCUT2D eigenvalue weighted by molar-refractivity contribution is 0.0526. The molecule has 19 heavy (non-hydrogen) atoms. The highest BCUT2D eigenvalue weighted by Crippen LogP contribution is 2.23. The fourth-order valence-electron chi connectivity index (χ4n) is 1.74. The van der Waals surface area contributed by atoms with E-state index in [1.165, 1.54) is 6.20 Å². The Balaban J connectivity index is 2.26. The first-order valence-corrected chi connectivity index (χ1v) is 6.13. The second kappa shape index (κ2) is 6.00. The Morgan fingerprint density at radius 3 is 2.63 bits per heavy atom. The minimum absolute atomic E-state index is 0.349. The summed E-state index contributed by atoms with van der Waals surface area (Å²) in [5, 5.41) is 0. The first-order valence-electron chi connectivity index (χ1n) is 6.13. The van der Waals surface area contributed by atoms with Crippen molar-refractivity contribution in [3.63, 3.8) is 0 Å². The Labute approximate surface area is 112 Å². The van der Waals surface area contributed by atoms with Crippen molar-refractivity contribution in [3.8, 4) is 0 Å². The predicted molar refractivity (Wildman–Crippen MR) is 74.7 cm³/mol. The molecule has 2 aromatic rings. The maximum Gasteiger partial charge on any atom is 0.339 e. The molecule has 0 aliphatic heterocycles. The lowest BCUT2D eigenvalue weighted by atomic mass is 10.2. The zero-order chi connectivity index (χ0) is 13.7. The van der Waals surface area contributed by atoms with Crippen LogP contribution in [0, 0.1) is 0 Å². The number of pyridine rings is 1. The molecule has 0 amide bonds. The van der Waals surface area contributed by atoms with Crippen molar-refractivity contribution in [2.24, 2.45) is 0 Å². The molecule has 4 nitrogen and oxygen atoms in total. The van der Waals surface area contributed by atoms with Gasteiger partial charge in [-0.25, -0.2) is 4.79 Å². The van der Waals surface area contributed by atoms with E-state index in [0.29, 0.717) is 12.2 Å². The van der Waals surface area contributed by atoms with E-state index in [9.17, 15) is 4.79 Å². The van der Waals surface area contributed by atoms with Gasteiger partial charge in [0, 0.05) is 18.9 Å². The Morgan fingerprint density at radius 2 is 1.95 bits per heavy atom. The van der Waals surface area contributed by atoms with E-state index in [1.807, 2.05) is 42.3 Å². The lowest BCUT2D eigenvalue weighted by Crippen LogP contribution is -2.11. The SMILES string of the molecule is CCOC(=O)c1cncc(N(C)c2ccccc2)c1. The molecule has 0 fully saturated rings. The minimum atomic E-state index is -0.349. The fraction of sp³-hybridized carbons (Fsp3) is 0.200. The number of rotatable bonds is 4. The average Bonchev–Trinajstić information content (AvgIpc) is 2.48. The van der Waals surface area contributed by atoms with Crippen molar-refractivity contribution in [1.29, 1.82) is 0 Å². The van der Waals surface area contributed by atoms with Crippen molar-refractivity contribution >= 4 is 17.3 Å². The summed E-state index contributed by atoms with van der Waals surface area (Å²) in [5.74, 6) is -0.349. The number of hydrogen-bond acceptors (Lipinski definition) is 4. The quantitative estimate of drug-likeness (QED) is 0.789. The molecule has 0 radical (unpaired) electrons. The number of anilines is 2. The van der Waals surface area contributed by atoms with Crippen molar-refractivity contribution in [2.75, 3.05) is 18.6 Å². The van der Waals surface area contributed by atoms with E-state index in [2.05, 4.69) is 4.98 Å². The normalized spacial score (nSPS) is 10.0. The second-order valence-electron chi connectivity index (χ2n) is 4.05. The Hall–Kier alpha value is -2.36. The average molecular weight is 256 g/mol. The number of carbonyl (C=O) groups is 1. The number of esters is 1. The Kier molecular flexibility index (Phi) is 4.13. The van der Waals surface area contributed by atoms with Gasteiger partial charge in [-0.05, 0) is 25.1 Å². The number of ether oxygens (including phenoxy) is 1. The van der Waals surface area contributed by atoms with Gasteiger partial charge in [-0.1, -0.05) is 18.2 Å². The van der Waals surface area contributed by atoms with Crippen LogP contribution in [-0.4, -0.2) is 24.6 Å². The minimum Gasteiger partial charge on any atom is -0.462 e. The number of hydrogen-bond donors (Lipinski definition) is 0. The maximum atomic E-state index is 11.7. The molecule has 0 spiro atoms. The summed E-state index contributed by atoms with van der Waals surface area (Å²) in [7, 11) is 1.93. The van der Waals surface area contributed by atoms with Crippen molar-refractivity contribution in [2.45, 2.75) is 6.92 Å². The van der Waals surface area contributed by atoms with Gasteiger partial charge in [0.2, 0.25) is 0 Å². The monoisotopic (exact) mass is 256 g/mol. The third kappa shape index (κ3) is 3.10. The summed E-state index contributed by atoms with van der Waals surface area (Å²) in [6.07, 6.45) is 3.23. The summed E-state index contributed by atoms with van der Waals surface area (Å²) in [4.78, 5) is 17.7. The van der Waals surface area contributed by atoms with E-state index >= 15 is 0 Å². The number of nitrogens with zero attached hydrogens (tertiary/aromatic N) is 2. The molecule has 0 N–H and O–H groups in total. The highest BCUT2D eigenvalue weighted by atomic mass is 16.5. The van der Waals surface area contributed by atoms with Crippen LogP contribution >= 0.6 is 0 Å². The predicted octanol–water partition coefficient (Wildman–Crippen LogP) is 3.03. The van der Waals surface area contributed by atoms with E-state index < -0.39 is 0 Å². The molecule has 1 aromatic heterocycles. The van der Waals surface area contributed by atoms with Crippen molar-refractivity contribution < 1.29 is 9.53 Å². The Morgan fingerprint density at radius 1 is 1.21 bits per heavy atom. The van der Waals surface area contributed by atoms with Crippen LogP contribution in [0.25, 0.3) is 0 Å². The molecule has 0 aliphatic carbocycles. The second-order valence-corrected chi connectivity index (χ2v) is 4.05. The summed E-state index contributed by atoms with van der Waals surface area (Å²) in [5.41, 5.74) is 2.34. The van der Waals surface area contributed by atoms with Gasteiger partial charge < -0.3 is 9.64 Å². The van der Waals surface area contributed by atoms with Gasteiger partial charge in [-0.15, -0.1) is 0 Å². The van der Waals surface area contributed by atoms with Crippen LogP contribution < -0.4 is 4.90 Å². The third-order valence-corrected chi connectivity index (χ3v) is 2.77. The summed E-state index contributed by atoms with van der Waals surface area (Å²) in [6, 6.07) is 11.7. The molecule has 1 aromatic carbocycles. The molecule has 4 heteroatoms. The van der Waals surface area contributed by atoms with Crippen LogP contribution in [0.3, 0.4) is 0 Å². The summed E-state index contributed by atoms with van der Waals surface area (Å²) >= 11 is 0. The van der Waals surface area contributed by atoms with Gasteiger partial charge >= 0.3 is 5.97 Å². The van der Waals surface area contributed by atoms with Gasteiger partial charge in [0.05, 0.1) is 24.1 Å². The van der Waals surface area contributed by atoms with E-state index in [1.54, 1.807) is 19.2 Å². The molecule has 2 rings (SSSR count). The van der Waals surface area contributed by atoms with E-state index in [0.717, 1.165) is 11.4 Å². The maximum absolute atomic E-state index is 11.7. The molecule has 0 saturated carbocycles. The number of benzene rings is 1. The Bertz CT molecular complexity index is 555. The van der Waals surface area contributed by atoms with Crippen LogP contribution in [-0.2, 0) is 4.74 Å². The van der Waals surface area contributed by atoms with Crippen LogP contribution in [0.1, 0.15) is 17.3 Å². The molecule has 0 bridgehead atoms. The first-order chi connectivity index (χ1) is 9.22. The molecule has 0 atom stereocenters. The largest absolute Gasteiger partial charge is 0.462 e. The van der Waals surface area contributed by atoms with Gasteiger partial charge in [0.25, 0.3) is 0 Å². The third-order valence-electron chi connectivity index (χ3n) is 2.77. The van der Waals surface area contributed by atoms with Crippen LogP contribution in [0.5, 0.6) is 0 Å². The molecule has 0 saturated heterocycles. The molecular weight excluding hydrogens is 240 g/mol. The van der Waals surface area contributed by atoms with Crippen LogP contribution in [0.15, 0.2) is 48.8 Å². The highest BCUT2D eigenvalue weighted by Gasteiger charge is 2.10. The van der Waals surface area contributed by atoms with Gasteiger partial charge in [-0.3, -0.25) is 4.98 Å². The zero-order valence-electron chi connectivity index (χ0n) is 11.0. The number of para-hydroxylation sites is 1. The number of aromatic nitrogens is 1. The smallest absolute Gasteiger partial charge is 0.339 e. The topological polar surface area (TPSA) is 42.4 Å². The van der Waals surface area contributed by atoms with Gasteiger partial charge in [0.15, 0.2) is 0 Å². The first kappa shape index (κ1) is 13.1. The molecule has 0 unspecified atom stereocenters. The van der Waals surface area contributed by atoms with Gasteiger partial charge in [0.1, 0.15) is 0 Å². The van der Waals surface area contributed by atoms with Gasteiger partial charge in [-0.2, -0.15) is 0 Å². The highest BCUT2D eigenvalue weighted by molar-refractivity contribution is 5.90. The lowest BCUT2D eigenvalue weighted by Gasteiger charge is -2.19. The summed E-state index contributed by atoms with van der Waals surface area (Å²) in [6.45, 7) is 2.14. The summed E-state index contributed by atoms with van der Waals surface area (Å²) < 4.78 is 4.97. The fourth-order valence-corrected chi connectivity index (χ4v) is 1.74. The molecule has 1 heterocycles. The number of carbonyl (C=O) groups excluding carboxylic acids is 1. The van der Waals surface area contributed by atoms with Crippen molar-refractivity contribution in [3.05, 3.63) is 54.4 Å². The van der Waals surface area contributed by atoms with Crippen LogP contribution in [0.4, 0.5) is 11.4 Å². The van der Waals surface area contributed by atoms with Crippen molar-refractivity contribution in [1.82, 2.24) is 4.98 Å². The van der Waals surface area contributed by atoms with Crippen LogP contribution in [0.2, 0.25) is 0 Å². The standard InChI is InChI=1S/C15H16N2O2/c1-3-19-15(18)12-9-14(11-16-10-12)17(2)13-7-5-4-6-8-13/h4-11H,3H2,1-2H3. The van der Waals surface area contributed by atoms with E-state index in [4.69, 9.17) is 4.74 Å². The molecule has 98 valence electrons.